The predicted octanol–water partition coefficient (Wildman–Crippen LogP) is -0.337. The first-order chi connectivity index (χ1) is 6.76. The third-order valence-electron chi connectivity index (χ3n) is 1.88. The molecule has 0 aliphatic heterocycles. The summed E-state index contributed by atoms with van der Waals surface area (Å²) in [5, 5.41) is 2.58. The van der Waals surface area contributed by atoms with Gasteiger partial charge < -0.3 is 11.1 Å². The molecule has 1 amide bonds. The third-order valence-corrected chi connectivity index (χ3v) is 2.98. The van der Waals surface area contributed by atoms with Crippen LogP contribution in [0.5, 0.6) is 0 Å². The van der Waals surface area contributed by atoms with Crippen LogP contribution in [0.15, 0.2) is 0 Å². The topological polar surface area (TPSA) is 89.3 Å². The summed E-state index contributed by atoms with van der Waals surface area (Å²) < 4.78 is 21.9. The number of nitrogens with one attached hydrogen (secondary N) is 1. The normalized spacial score (nSPS) is 15.7. The van der Waals surface area contributed by atoms with E-state index in [2.05, 4.69) is 5.32 Å². The summed E-state index contributed by atoms with van der Waals surface area (Å²) in [7, 11) is -3.06. The van der Waals surface area contributed by atoms with Gasteiger partial charge in [0.1, 0.15) is 9.84 Å². The number of nitrogens with two attached hydrogens (primary N) is 1. The maximum absolute atomic E-state index is 11.4. The second kappa shape index (κ2) is 6.07. The van der Waals surface area contributed by atoms with Crippen LogP contribution in [0.4, 0.5) is 0 Å². The molecule has 0 aromatic rings. The fraction of sp³-hybridized carbons (Fsp3) is 0.889. The van der Waals surface area contributed by atoms with Crippen LogP contribution < -0.4 is 11.1 Å². The second-order valence-corrected chi connectivity index (χ2v) is 6.08. The van der Waals surface area contributed by atoms with Gasteiger partial charge in [-0.2, -0.15) is 0 Å². The first-order valence-corrected chi connectivity index (χ1v) is 7.06. The van der Waals surface area contributed by atoms with E-state index < -0.39 is 21.9 Å². The lowest BCUT2D eigenvalue weighted by atomic mass is 10.1. The largest absolute Gasteiger partial charge is 0.351 e. The van der Waals surface area contributed by atoms with Crippen LogP contribution in [0.25, 0.3) is 0 Å². The van der Waals surface area contributed by atoms with Crippen LogP contribution in [-0.4, -0.2) is 38.4 Å². The van der Waals surface area contributed by atoms with E-state index in [4.69, 9.17) is 5.73 Å². The molecular formula is C9H20N2O3S. The van der Waals surface area contributed by atoms with E-state index in [1.54, 1.807) is 6.92 Å². The van der Waals surface area contributed by atoms with Crippen LogP contribution in [0, 0.1) is 0 Å². The number of carbonyl (C=O) groups is 1. The molecule has 0 radical (unpaired) electrons. The highest BCUT2D eigenvalue weighted by Gasteiger charge is 2.17. The highest BCUT2D eigenvalue weighted by molar-refractivity contribution is 7.90. The van der Waals surface area contributed by atoms with Gasteiger partial charge in [-0.25, -0.2) is 8.42 Å². The van der Waals surface area contributed by atoms with Crippen LogP contribution in [0.3, 0.4) is 0 Å². The molecule has 90 valence electrons. The molecule has 6 heteroatoms. The molecule has 0 aromatic carbocycles. The van der Waals surface area contributed by atoms with Gasteiger partial charge in [-0.1, -0.05) is 13.3 Å². The SMILES string of the molecule is CCC[C@@H](N)C(=O)NC(C)CS(C)(=O)=O. The van der Waals surface area contributed by atoms with E-state index in [1.165, 1.54) is 0 Å². The molecule has 0 heterocycles. The molecule has 1 unspecified atom stereocenters. The standard InChI is InChI=1S/C9H20N2O3S/c1-4-5-8(10)9(12)11-7(2)6-15(3,13)14/h7-8H,4-6,10H2,1-3H3,(H,11,12)/t7?,8-/m1/s1. The zero-order chi connectivity index (χ0) is 12.1. The molecule has 0 saturated carbocycles. The summed E-state index contributed by atoms with van der Waals surface area (Å²) in [6.45, 7) is 3.59. The summed E-state index contributed by atoms with van der Waals surface area (Å²) in [5.41, 5.74) is 5.58. The van der Waals surface area contributed by atoms with E-state index >= 15 is 0 Å². The quantitative estimate of drug-likeness (QED) is 0.660. The Morgan fingerprint density at radius 1 is 1.47 bits per heavy atom. The molecule has 0 saturated heterocycles. The van der Waals surface area contributed by atoms with Crippen molar-refractivity contribution in [2.45, 2.75) is 38.8 Å². The Labute approximate surface area is 91.3 Å². The van der Waals surface area contributed by atoms with E-state index in [0.29, 0.717) is 6.42 Å². The summed E-state index contributed by atoms with van der Waals surface area (Å²) in [6, 6.07) is -0.938. The molecule has 0 aliphatic carbocycles. The third kappa shape index (κ3) is 7.33. The van der Waals surface area contributed by atoms with Crippen molar-refractivity contribution in [3.63, 3.8) is 0 Å². The van der Waals surface area contributed by atoms with Gasteiger partial charge in [0.2, 0.25) is 5.91 Å². The fourth-order valence-corrected chi connectivity index (χ4v) is 2.28. The van der Waals surface area contributed by atoms with E-state index in [1.807, 2.05) is 6.92 Å². The van der Waals surface area contributed by atoms with E-state index in [-0.39, 0.29) is 11.7 Å². The van der Waals surface area contributed by atoms with Crippen molar-refractivity contribution in [2.75, 3.05) is 12.0 Å². The lowest BCUT2D eigenvalue weighted by Crippen LogP contribution is -2.46. The van der Waals surface area contributed by atoms with Gasteiger partial charge in [-0.05, 0) is 13.3 Å². The number of hydrogen-bond acceptors (Lipinski definition) is 4. The summed E-state index contributed by atoms with van der Waals surface area (Å²) >= 11 is 0. The van der Waals surface area contributed by atoms with Crippen molar-refractivity contribution in [1.82, 2.24) is 5.32 Å². The Bertz CT molecular complexity index is 300. The van der Waals surface area contributed by atoms with Gasteiger partial charge in [0.05, 0.1) is 11.8 Å². The lowest BCUT2D eigenvalue weighted by molar-refractivity contribution is -0.122. The van der Waals surface area contributed by atoms with E-state index in [9.17, 15) is 13.2 Å². The van der Waals surface area contributed by atoms with Crippen molar-refractivity contribution in [1.29, 1.82) is 0 Å². The molecular weight excluding hydrogens is 216 g/mol. The predicted molar refractivity (Wildman–Crippen MR) is 60.2 cm³/mol. The Kier molecular flexibility index (Phi) is 5.82. The van der Waals surface area contributed by atoms with Crippen LogP contribution in [0.2, 0.25) is 0 Å². The van der Waals surface area contributed by atoms with Crippen LogP contribution in [-0.2, 0) is 14.6 Å². The average Bonchev–Trinajstić information content (AvgIpc) is 2.00. The number of hydrogen-bond donors (Lipinski definition) is 2. The van der Waals surface area contributed by atoms with Crippen molar-refractivity contribution < 1.29 is 13.2 Å². The minimum atomic E-state index is -3.06. The molecule has 0 aromatic heterocycles. The van der Waals surface area contributed by atoms with Gasteiger partial charge in [0.25, 0.3) is 0 Å². The molecule has 0 aliphatic rings. The van der Waals surface area contributed by atoms with Crippen molar-refractivity contribution >= 4 is 15.7 Å². The molecule has 5 nitrogen and oxygen atoms in total. The first-order valence-electron chi connectivity index (χ1n) is 5.00. The van der Waals surface area contributed by atoms with Gasteiger partial charge >= 0.3 is 0 Å². The highest BCUT2D eigenvalue weighted by Crippen LogP contribution is 1.95. The summed E-state index contributed by atoms with van der Waals surface area (Å²) in [5.74, 6) is -0.342. The van der Waals surface area contributed by atoms with Crippen molar-refractivity contribution in [3.05, 3.63) is 0 Å². The number of amides is 1. The first kappa shape index (κ1) is 14.4. The Balaban J connectivity index is 4.07. The van der Waals surface area contributed by atoms with Gasteiger partial charge in [-0.3, -0.25) is 4.79 Å². The zero-order valence-electron chi connectivity index (χ0n) is 9.49. The smallest absolute Gasteiger partial charge is 0.237 e. The number of rotatable bonds is 6. The fourth-order valence-electron chi connectivity index (χ4n) is 1.29. The minimum absolute atomic E-state index is 0.0580. The van der Waals surface area contributed by atoms with Gasteiger partial charge in [0, 0.05) is 12.3 Å². The Morgan fingerprint density at radius 2 is 2.00 bits per heavy atom. The molecule has 3 N–H and O–H groups in total. The maximum atomic E-state index is 11.4. The molecule has 0 spiro atoms. The highest BCUT2D eigenvalue weighted by atomic mass is 32.2. The van der Waals surface area contributed by atoms with Gasteiger partial charge in [-0.15, -0.1) is 0 Å². The zero-order valence-corrected chi connectivity index (χ0v) is 10.3. The van der Waals surface area contributed by atoms with Crippen molar-refractivity contribution in [2.24, 2.45) is 5.73 Å². The lowest BCUT2D eigenvalue weighted by Gasteiger charge is -2.16. The van der Waals surface area contributed by atoms with E-state index in [0.717, 1.165) is 12.7 Å². The van der Waals surface area contributed by atoms with Crippen LogP contribution in [0.1, 0.15) is 26.7 Å². The molecule has 2 atom stereocenters. The summed E-state index contributed by atoms with van der Waals surface area (Å²) in [4.78, 5) is 11.4. The Hall–Kier alpha value is -0.620. The number of sulfone groups is 1. The molecule has 15 heavy (non-hydrogen) atoms. The monoisotopic (exact) mass is 236 g/mol. The Morgan fingerprint density at radius 3 is 2.40 bits per heavy atom. The van der Waals surface area contributed by atoms with Gasteiger partial charge in [0.15, 0.2) is 0 Å². The molecule has 0 rings (SSSR count). The number of carbonyl (C=O) groups excluding carboxylic acids is 1. The summed E-state index contributed by atoms with van der Waals surface area (Å²) in [6.07, 6.45) is 2.58. The van der Waals surface area contributed by atoms with Crippen molar-refractivity contribution in [3.8, 4) is 0 Å². The molecule has 0 fully saturated rings. The van der Waals surface area contributed by atoms with Crippen LogP contribution >= 0.6 is 0 Å². The minimum Gasteiger partial charge on any atom is -0.351 e. The maximum Gasteiger partial charge on any atom is 0.237 e. The molecule has 0 bridgehead atoms. The second-order valence-electron chi connectivity index (χ2n) is 3.90. The average molecular weight is 236 g/mol.